The summed E-state index contributed by atoms with van der Waals surface area (Å²) in [5.41, 5.74) is 3.59. The predicted octanol–water partition coefficient (Wildman–Crippen LogP) is 4.08. The summed E-state index contributed by atoms with van der Waals surface area (Å²) in [6, 6.07) is 20.5. The number of nitrogens with zero attached hydrogens (tertiary/aromatic N) is 2. The summed E-state index contributed by atoms with van der Waals surface area (Å²) < 4.78 is 0. The monoisotopic (exact) mass is 374 g/mol. The lowest BCUT2D eigenvalue weighted by atomic mass is 10.0. The minimum Gasteiger partial charge on any atom is -0.356 e. The molecule has 0 spiro atoms. The molecule has 0 fully saturated rings. The topological polar surface area (TPSA) is 66.9 Å². The lowest BCUT2D eigenvalue weighted by Gasteiger charge is -2.07. The molecule has 144 valence electrons. The van der Waals surface area contributed by atoms with Gasteiger partial charge < -0.3 is 10.6 Å². The van der Waals surface area contributed by atoms with Crippen LogP contribution in [0, 0.1) is 0 Å². The van der Waals surface area contributed by atoms with Gasteiger partial charge in [-0.15, -0.1) is 0 Å². The summed E-state index contributed by atoms with van der Waals surface area (Å²) in [6.07, 6.45) is 6.58. The van der Waals surface area contributed by atoms with Crippen molar-refractivity contribution < 1.29 is 4.79 Å². The number of rotatable bonds is 10. The summed E-state index contributed by atoms with van der Waals surface area (Å²) in [5, 5.41) is 6.15. The second-order valence-corrected chi connectivity index (χ2v) is 6.62. The second-order valence-electron chi connectivity index (χ2n) is 6.62. The first-order chi connectivity index (χ1) is 13.8. The maximum atomic E-state index is 12.0. The number of carbonyl (C=O) groups is 1. The molecule has 0 bridgehead atoms. The lowest BCUT2D eigenvalue weighted by molar-refractivity contribution is -0.121. The van der Waals surface area contributed by atoms with E-state index in [9.17, 15) is 4.79 Å². The van der Waals surface area contributed by atoms with Gasteiger partial charge >= 0.3 is 0 Å². The molecular formula is C23H26N4O. The molecule has 0 aliphatic heterocycles. The van der Waals surface area contributed by atoms with Crippen LogP contribution in [-0.4, -0.2) is 29.0 Å². The van der Waals surface area contributed by atoms with Crippen LogP contribution in [0.4, 0.5) is 5.95 Å². The molecule has 5 heteroatoms. The Kier molecular flexibility index (Phi) is 7.56. The van der Waals surface area contributed by atoms with Gasteiger partial charge in [-0.1, -0.05) is 54.6 Å². The van der Waals surface area contributed by atoms with Crippen molar-refractivity contribution in [3.63, 3.8) is 0 Å². The van der Waals surface area contributed by atoms with Crippen LogP contribution in [0.5, 0.6) is 0 Å². The average molecular weight is 374 g/mol. The maximum Gasteiger partial charge on any atom is 0.222 e. The number of benzene rings is 2. The molecule has 0 radical (unpaired) electrons. The Morgan fingerprint density at radius 1 is 0.786 bits per heavy atom. The Labute approximate surface area is 166 Å². The van der Waals surface area contributed by atoms with Gasteiger partial charge in [-0.05, 0) is 42.0 Å². The number of amides is 1. The van der Waals surface area contributed by atoms with Crippen molar-refractivity contribution in [2.45, 2.75) is 25.7 Å². The number of nitrogens with one attached hydrogen (secondary N) is 2. The van der Waals surface area contributed by atoms with Crippen molar-refractivity contribution in [1.82, 2.24) is 15.3 Å². The first-order valence-corrected chi connectivity index (χ1v) is 9.73. The normalized spacial score (nSPS) is 10.4. The van der Waals surface area contributed by atoms with Crippen molar-refractivity contribution >= 4 is 11.9 Å². The van der Waals surface area contributed by atoms with E-state index >= 15 is 0 Å². The van der Waals surface area contributed by atoms with Gasteiger partial charge in [0.2, 0.25) is 11.9 Å². The van der Waals surface area contributed by atoms with Gasteiger partial charge in [-0.25, -0.2) is 9.97 Å². The molecule has 3 rings (SSSR count). The Bertz CT molecular complexity index is 835. The highest BCUT2D eigenvalue weighted by Crippen LogP contribution is 2.19. The van der Waals surface area contributed by atoms with E-state index in [1.54, 1.807) is 18.5 Å². The number of carbonyl (C=O) groups excluding carboxylic acids is 1. The molecule has 2 aromatic carbocycles. The van der Waals surface area contributed by atoms with Crippen molar-refractivity contribution in [2.75, 3.05) is 18.4 Å². The van der Waals surface area contributed by atoms with Crippen molar-refractivity contribution in [3.05, 3.63) is 78.6 Å². The minimum absolute atomic E-state index is 0.103. The Balaban J connectivity index is 1.29. The van der Waals surface area contributed by atoms with Crippen molar-refractivity contribution in [2.24, 2.45) is 0 Å². The third kappa shape index (κ3) is 6.50. The van der Waals surface area contributed by atoms with Gasteiger partial charge in [0.15, 0.2) is 0 Å². The van der Waals surface area contributed by atoms with E-state index in [0.717, 1.165) is 25.8 Å². The molecule has 0 atom stereocenters. The molecule has 1 amide bonds. The second kappa shape index (κ2) is 10.8. The van der Waals surface area contributed by atoms with E-state index in [1.807, 2.05) is 18.2 Å². The fourth-order valence-electron chi connectivity index (χ4n) is 2.91. The predicted molar refractivity (Wildman–Crippen MR) is 113 cm³/mol. The molecule has 0 saturated heterocycles. The number of aryl methyl sites for hydroxylation is 1. The van der Waals surface area contributed by atoms with E-state index in [0.29, 0.717) is 18.9 Å². The van der Waals surface area contributed by atoms with Gasteiger partial charge in [0.1, 0.15) is 0 Å². The number of aromatic nitrogens is 2. The number of hydrogen-bond acceptors (Lipinski definition) is 4. The molecule has 2 N–H and O–H groups in total. The van der Waals surface area contributed by atoms with E-state index in [-0.39, 0.29) is 5.91 Å². The summed E-state index contributed by atoms with van der Waals surface area (Å²) in [4.78, 5) is 20.2. The van der Waals surface area contributed by atoms with Crippen molar-refractivity contribution in [1.29, 1.82) is 0 Å². The molecule has 28 heavy (non-hydrogen) atoms. The standard InChI is InChI=1S/C23H26N4O/c28-22(24-15-4-5-16-25-23-26-17-6-18-27-23)14-11-19-9-12-21(13-10-19)20-7-2-1-3-8-20/h1-3,6-10,12-13,17-18H,4-5,11,14-16H2,(H,24,28)(H,25,26,27). The molecule has 1 heterocycles. The Morgan fingerprint density at radius 2 is 1.46 bits per heavy atom. The minimum atomic E-state index is 0.103. The highest BCUT2D eigenvalue weighted by molar-refractivity contribution is 5.76. The fraction of sp³-hybridized carbons (Fsp3) is 0.261. The van der Waals surface area contributed by atoms with E-state index in [2.05, 4.69) is 57.0 Å². The van der Waals surface area contributed by atoms with Gasteiger partial charge in [-0.3, -0.25) is 4.79 Å². The van der Waals surface area contributed by atoms with Crippen LogP contribution < -0.4 is 10.6 Å². The third-order valence-corrected chi connectivity index (χ3v) is 4.48. The van der Waals surface area contributed by atoms with E-state index < -0.39 is 0 Å². The lowest BCUT2D eigenvalue weighted by Crippen LogP contribution is -2.25. The largest absolute Gasteiger partial charge is 0.356 e. The number of hydrogen-bond donors (Lipinski definition) is 2. The van der Waals surface area contributed by atoms with Crippen LogP contribution in [0.2, 0.25) is 0 Å². The van der Waals surface area contributed by atoms with Gasteiger partial charge in [-0.2, -0.15) is 0 Å². The van der Waals surface area contributed by atoms with Gasteiger partial charge in [0.05, 0.1) is 0 Å². The zero-order valence-corrected chi connectivity index (χ0v) is 16.0. The van der Waals surface area contributed by atoms with Crippen LogP contribution >= 0.6 is 0 Å². The quantitative estimate of drug-likeness (QED) is 0.525. The summed E-state index contributed by atoms with van der Waals surface area (Å²) in [7, 11) is 0. The highest BCUT2D eigenvalue weighted by Gasteiger charge is 2.03. The smallest absolute Gasteiger partial charge is 0.222 e. The zero-order chi connectivity index (χ0) is 19.4. The third-order valence-electron chi connectivity index (χ3n) is 4.48. The molecule has 3 aromatic rings. The first kappa shape index (κ1) is 19.5. The zero-order valence-electron chi connectivity index (χ0n) is 16.0. The first-order valence-electron chi connectivity index (χ1n) is 9.73. The molecule has 1 aromatic heterocycles. The summed E-state index contributed by atoms with van der Waals surface area (Å²) in [5.74, 6) is 0.747. The number of anilines is 1. The highest BCUT2D eigenvalue weighted by atomic mass is 16.1. The van der Waals surface area contributed by atoms with Crippen LogP contribution in [-0.2, 0) is 11.2 Å². The van der Waals surface area contributed by atoms with Crippen LogP contribution in [0.3, 0.4) is 0 Å². The fourth-order valence-corrected chi connectivity index (χ4v) is 2.91. The van der Waals surface area contributed by atoms with Crippen LogP contribution in [0.15, 0.2) is 73.1 Å². The van der Waals surface area contributed by atoms with E-state index in [4.69, 9.17) is 0 Å². The van der Waals surface area contributed by atoms with Crippen LogP contribution in [0.25, 0.3) is 11.1 Å². The van der Waals surface area contributed by atoms with E-state index in [1.165, 1.54) is 16.7 Å². The maximum absolute atomic E-state index is 12.0. The van der Waals surface area contributed by atoms with Crippen molar-refractivity contribution in [3.8, 4) is 11.1 Å². The van der Waals surface area contributed by atoms with Gasteiger partial charge in [0, 0.05) is 31.9 Å². The molecular weight excluding hydrogens is 348 g/mol. The molecule has 0 unspecified atom stereocenters. The molecule has 0 saturated carbocycles. The average Bonchev–Trinajstić information content (AvgIpc) is 2.76. The van der Waals surface area contributed by atoms with Gasteiger partial charge in [0.25, 0.3) is 0 Å². The molecule has 0 aliphatic carbocycles. The Morgan fingerprint density at radius 3 is 2.21 bits per heavy atom. The SMILES string of the molecule is O=C(CCc1ccc(-c2ccccc2)cc1)NCCCCNc1ncccn1. The summed E-state index contributed by atoms with van der Waals surface area (Å²) in [6.45, 7) is 1.50. The van der Waals surface area contributed by atoms with Crippen LogP contribution in [0.1, 0.15) is 24.8 Å². The number of unbranched alkanes of at least 4 members (excludes halogenated alkanes) is 1. The molecule has 5 nitrogen and oxygen atoms in total. The molecule has 0 aliphatic rings. The Hall–Kier alpha value is -3.21. The summed E-state index contributed by atoms with van der Waals surface area (Å²) >= 11 is 0.